The van der Waals surface area contributed by atoms with Crippen LogP contribution in [0.3, 0.4) is 0 Å². The third-order valence-corrected chi connectivity index (χ3v) is 4.27. The summed E-state index contributed by atoms with van der Waals surface area (Å²) in [5.41, 5.74) is 3.78. The molecule has 0 saturated heterocycles. The fourth-order valence-electron chi connectivity index (χ4n) is 3.11. The summed E-state index contributed by atoms with van der Waals surface area (Å²) in [5.74, 6) is 0.738. The zero-order valence-electron chi connectivity index (χ0n) is 16.9. The maximum absolute atomic E-state index is 11.5. The van der Waals surface area contributed by atoms with Gasteiger partial charge in [0, 0.05) is 29.2 Å². The van der Waals surface area contributed by atoms with Gasteiger partial charge in [0.15, 0.2) is 0 Å². The highest BCUT2D eigenvalue weighted by atomic mass is 16.5. The van der Waals surface area contributed by atoms with Gasteiger partial charge in [-0.2, -0.15) is 5.26 Å². The van der Waals surface area contributed by atoms with Crippen LogP contribution in [0, 0.1) is 11.3 Å². The Kier molecular flexibility index (Phi) is 7.05. The summed E-state index contributed by atoms with van der Waals surface area (Å²) in [6.07, 6.45) is -0.538. The first kappa shape index (κ1) is 20.8. The molecule has 2 aromatic carbocycles. The second kappa shape index (κ2) is 9.47. The van der Waals surface area contributed by atoms with Gasteiger partial charge < -0.3 is 14.0 Å². The number of methoxy groups -OCH3 is 2. The van der Waals surface area contributed by atoms with Crippen LogP contribution in [0.4, 0.5) is 10.5 Å². The van der Waals surface area contributed by atoms with Crippen molar-refractivity contribution in [2.24, 2.45) is 0 Å². The number of nitriles is 1. The number of hydrogen-bond donors (Lipinski definition) is 1. The first-order valence-corrected chi connectivity index (χ1v) is 9.18. The van der Waals surface area contributed by atoms with Gasteiger partial charge in [0.2, 0.25) is 0 Å². The molecular weight excluding hydrogens is 354 g/mol. The van der Waals surface area contributed by atoms with Gasteiger partial charge in [-0.1, -0.05) is 26.0 Å². The van der Waals surface area contributed by atoms with Gasteiger partial charge in [-0.15, -0.1) is 0 Å². The molecule has 0 spiro atoms. The Hall–Kier alpha value is -3.46. The minimum Gasteiger partial charge on any atom is -0.497 e. The minimum atomic E-state index is -0.538. The molecule has 0 saturated carbocycles. The van der Waals surface area contributed by atoms with E-state index in [0.29, 0.717) is 17.8 Å². The Balaban J connectivity index is 0.00000136. The number of fused-ring (bicyclic) bond motifs is 1. The number of aryl methyl sites for hydroxylation is 1. The maximum Gasteiger partial charge on any atom is 0.411 e. The van der Waals surface area contributed by atoms with Crippen LogP contribution < -0.4 is 10.1 Å². The normalized spacial score (nSPS) is 9.86. The van der Waals surface area contributed by atoms with Crippen LogP contribution in [0.25, 0.3) is 22.2 Å². The van der Waals surface area contributed by atoms with Gasteiger partial charge in [-0.25, -0.2) is 4.79 Å². The molecule has 1 N–H and O–H groups in total. The van der Waals surface area contributed by atoms with Crippen LogP contribution in [0.2, 0.25) is 0 Å². The van der Waals surface area contributed by atoms with E-state index >= 15 is 0 Å². The average molecular weight is 379 g/mol. The molecule has 3 aromatic rings. The van der Waals surface area contributed by atoms with Crippen LogP contribution in [0.15, 0.2) is 42.5 Å². The lowest BCUT2D eigenvalue weighted by Gasteiger charge is -2.11. The van der Waals surface area contributed by atoms with Crippen LogP contribution in [-0.4, -0.2) is 24.9 Å². The number of carbonyl (C=O) groups excluding carboxylic acids is 1. The van der Waals surface area contributed by atoms with Crippen molar-refractivity contribution in [3.63, 3.8) is 0 Å². The van der Waals surface area contributed by atoms with E-state index in [1.54, 1.807) is 13.2 Å². The highest BCUT2D eigenvalue weighted by molar-refractivity contribution is 5.96. The van der Waals surface area contributed by atoms with Crippen molar-refractivity contribution in [3.8, 4) is 23.1 Å². The van der Waals surface area contributed by atoms with Crippen LogP contribution in [0.1, 0.15) is 26.3 Å². The average Bonchev–Trinajstić information content (AvgIpc) is 3.07. The molecule has 1 aromatic heterocycles. The molecule has 6 nitrogen and oxygen atoms in total. The number of benzene rings is 2. The van der Waals surface area contributed by atoms with Gasteiger partial charge in [-0.05, 0) is 31.2 Å². The molecular formula is C22H25N3O3. The van der Waals surface area contributed by atoms with Gasteiger partial charge in [0.1, 0.15) is 11.8 Å². The van der Waals surface area contributed by atoms with Gasteiger partial charge >= 0.3 is 6.09 Å². The third kappa shape index (κ3) is 3.94. The highest BCUT2D eigenvalue weighted by Gasteiger charge is 2.19. The quantitative estimate of drug-likeness (QED) is 0.657. The Bertz CT molecular complexity index is 1020. The topological polar surface area (TPSA) is 76.3 Å². The maximum atomic E-state index is 11.5. The van der Waals surface area contributed by atoms with Gasteiger partial charge in [-0.3, -0.25) is 5.32 Å². The lowest BCUT2D eigenvalue weighted by Crippen LogP contribution is -2.10. The first-order chi connectivity index (χ1) is 13.6. The number of aromatic nitrogens is 1. The molecule has 3 rings (SSSR count). The van der Waals surface area contributed by atoms with E-state index in [2.05, 4.69) is 20.7 Å². The molecule has 6 heteroatoms. The molecule has 0 fully saturated rings. The van der Waals surface area contributed by atoms with Crippen molar-refractivity contribution in [3.05, 3.63) is 48.0 Å². The summed E-state index contributed by atoms with van der Waals surface area (Å²) in [5, 5.41) is 13.3. The Morgan fingerprint density at radius 1 is 1.18 bits per heavy atom. The number of amides is 1. The Morgan fingerprint density at radius 3 is 2.54 bits per heavy atom. The van der Waals surface area contributed by atoms with E-state index in [1.165, 1.54) is 7.11 Å². The lowest BCUT2D eigenvalue weighted by atomic mass is 10.1. The Labute approximate surface area is 165 Å². The van der Waals surface area contributed by atoms with E-state index in [4.69, 9.17) is 4.74 Å². The summed E-state index contributed by atoms with van der Waals surface area (Å²) >= 11 is 0. The molecule has 0 unspecified atom stereocenters. The fraction of sp³-hybridized carbons (Fsp3) is 0.273. The number of anilines is 1. The van der Waals surface area contributed by atoms with E-state index in [0.717, 1.165) is 27.9 Å². The van der Waals surface area contributed by atoms with Crippen molar-refractivity contribution >= 4 is 22.7 Å². The lowest BCUT2D eigenvalue weighted by molar-refractivity contribution is 0.187. The summed E-state index contributed by atoms with van der Waals surface area (Å²) in [4.78, 5) is 11.5. The molecule has 1 amide bonds. The number of rotatable bonds is 4. The van der Waals surface area contributed by atoms with E-state index < -0.39 is 6.09 Å². The predicted molar refractivity (Wildman–Crippen MR) is 112 cm³/mol. The molecule has 0 aliphatic rings. The fourth-order valence-corrected chi connectivity index (χ4v) is 3.11. The SMILES string of the molecule is CC.CCn1c(-c2cccc(NC(=O)OC)c2)c(C#N)c2ccc(OC)cc21. The van der Waals surface area contributed by atoms with Crippen LogP contribution in [-0.2, 0) is 11.3 Å². The molecule has 1 heterocycles. The second-order valence-corrected chi connectivity index (χ2v) is 5.66. The van der Waals surface area contributed by atoms with Crippen molar-refractivity contribution in [1.82, 2.24) is 4.57 Å². The minimum absolute atomic E-state index is 0.538. The summed E-state index contributed by atoms with van der Waals surface area (Å²) in [6.45, 7) is 6.72. The van der Waals surface area contributed by atoms with E-state index in [9.17, 15) is 10.1 Å². The van der Waals surface area contributed by atoms with Gasteiger partial charge in [0.25, 0.3) is 0 Å². The molecule has 0 aliphatic carbocycles. The van der Waals surface area contributed by atoms with Crippen molar-refractivity contribution in [1.29, 1.82) is 5.26 Å². The van der Waals surface area contributed by atoms with Crippen molar-refractivity contribution < 1.29 is 14.3 Å². The van der Waals surface area contributed by atoms with Crippen LogP contribution in [0.5, 0.6) is 5.75 Å². The largest absolute Gasteiger partial charge is 0.497 e. The summed E-state index contributed by atoms with van der Waals surface area (Å²) < 4.78 is 12.0. The Morgan fingerprint density at radius 2 is 1.93 bits per heavy atom. The van der Waals surface area contributed by atoms with Gasteiger partial charge in [0.05, 0.1) is 31.0 Å². The molecule has 0 radical (unpaired) electrons. The standard InChI is InChI=1S/C20H19N3O3.C2H6/c1-4-23-18-11-15(25-2)8-9-16(18)17(12-21)19(23)13-6-5-7-14(10-13)22-20(24)26-3;1-2/h5-11H,4H2,1-3H3,(H,22,24);1-2H3. The highest BCUT2D eigenvalue weighted by Crippen LogP contribution is 2.36. The summed E-state index contributed by atoms with van der Waals surface area (Å²) in [7, 11) is 2.93. The number of nitrogens with zero attached hydrogens (tertiary/aromatic N) is 2. The molecule has 0 atom stereocenters. The van der Waals surface area contributed by atoms with Crippen LogP contribution >= 0.6 is 0 Å². The first-order valence-electron chi connectivity index (χ1n) is 9.18. The zero-order chi connectivity index (χ0) is 20.7. The number of ether oxygens (including phenoxy) is 2. The van der Waals surface area contributed by atoms with Crippen molar-refractivity contribution in [2.75, 3.05) is 19.5 Å². The van der Waals surface area contributed by atoms with Crippen molar-refractivity contribution in [2.45, 2.75) is 27.3 Å². The molecule has 28 heavy (non-hydrogen) atoms. The molecule has 0 bridgehead atoms. The smallest absolute Gasteiger partial charge is 0.411 e. The molecule has 0 aliphatic heterocycles. The monoisotopic (exact) mass is 379 g/mol. The predicted octanol–water partition coefficient (Wildman–Crippen LogP) is 5.41. The zero-order valence-corrected chi connectivity index (χ0v) is 16.9. The number of carbonyl (C=O) groups is 1. The third-order valence-electron chi connectivity index (χ3n) is 4.27. The number of nitrogens with one attached hydrogen (secondary N) is 1. The molecule has 146 valence electrons. The van der Waals surface area contributed by atoms with E-state index in [1.807, 2.05) is 57.2 Å². The summed E-state index contributed by atoms with van der Waals surface area (Å²) in [6, 6.07) is 15.4. The number of hydrogen-bond acceptors (Lipinski definition) is 4. The second-order valence-electron chi connectivity index (χ2n) is 5.66. The van der Waals surface area contributed by atoms with E-state index in [-0.39, 0.29) is 0 Å².